The van der Waals surface area contributed by atoms with Gasteiger partial charge in [0.2, 0.25) is 0 Å². The maximum atomic E-state index is 13.1. The second-order valence-electron chi connectivity index (χ2n) is 8.87. The molecule has 0 saturated heterocycles. The zero-order valence-electron chi connectivity index (χ0n) is 19.9. The molecular weight excluding hydrogens is 462 g/mol. The van der Waals surface area contributed by atoms with Crippen molar-refractivity contribution in [3.05, 3.63) is 66.1 Å². The average Bonchev–Trinajstić information content (AvgIpc) is 3.32. The van der Waals surface area contributed by atoms with Crippen molar-refractivity contribution in [2.75, 3.05) is 11.9 Å². The van der Waals surface area contributed by atoms with E-state index in [0.717, 1.165) is 12.8 Å². The van der Waals surface area contributed by atoms with Crippen molar-refractivity contribution in [1.29, 1.82) is 0 Å². The Labute approximate surface area is 206 Å². The van der Waals surface area contributed by atoms with Crippen molar-refractivity contribution in [2.45, 2.75) is 38.8 Å². The predicted molar refractivity (Wildman–Crippen MR) is 131 cm³/mol. The number of furan rings is 1. The lowest BCUT2D eigenvalue weighted by atomic mass is 10.1. The molecule has 184 valence electrons. The summed E-state index contributed by atoms with van der Waals surface area (Å²) >= 11 is 0. The first-order valence-electron chi connectivity index (χ1n) is 11.7. The highest BCUT2D eigenvalue weighted by Crippen LogP contribution is 2.27. The molecule has 2 amide bonds. The molecule has 10 nitrogen and oxygen atoms in total. The summed E-state index contributed by atoms with van der Waals surface area (Å²) in [4.78, 5) is 42.8. The fourth-order valence-corrected chi connectivity index (χ4v) is 3.79. The zero-order chi connectivity index (χ0) is 25.2. The van der Waals surface area contributed by atoms with Crippen molar-refractivity contribution in [3.8, 4) is 11.5 Å². The number of nitrogens with zero attached hydrogens (tertiary/aromatic N) is 3. The van der Waals surface area contributed by atoms with Gasteiger partial charge in [0.15, 0.2) is 18.0 Å². The van der Waals surface area contributed by atoms with Gasteiger partial charge in [-0.1, -0.05) is 12.1 Å². The Morgan fingerprint density at radius 2 is 1.94 bits per heavy atom. The van der Waals surface area contributed by atoms with Crippen LogP contribution in [0.3, 0.4) is 0 Å². The molecule has 3 aromatic heterocycles. The highest BCUT2D eigenvalue weighted by Gasteiger charge is 2.25. The molecule has 4 aromatic rings. The minimum atomic E-state index is -0.701. The Bertz CT molecular complexity index is 1440. The lowest BCUT2D eigenvalue weighted by Crippen LogP contribution is -2.28. The first-order chi connectivity index (χ1) is 17.4. The molecule has 1 aliphatic carbocycles. The van der Waals surface area contributed by atoms with Gasteiger partial charge in [0.25, 0.3) is 11.8 Å². The van der Waals surface area contributed by atoms with Crippen LogP contribution in [0.5, 0.6) is 0 Å². The van der Waals surface area contributed by atoms with Crippen molar-refractivity contribution < 1.29 is 23.5 Å². The minimum Gasteiger partial charge on any atom is -0.463 e. The molecular formula is C26H25N5O5. The van der Waals surface area contributed by atoms with Crippen LogP contribution in [0.15, 0.2) is 59.3 Å². The maximum Gasteiger partial charge on any atom is 0.339 e. The predicted octanol–water partition coefficient (Wildman–Crippen LogP) is 3.96. The summed E-state index contributed by atoms with van der Waals surface area (Å²) in [7, 11) is 0. The van der Waals surface area contributed by atoms with Crippen molar-refractivity contribution in [3.63, 3.8) is 0 Å². The molecule has 1 aromatic carbocycles. The molecule has 36 heavy (non-hydrogen) atoms. The first-order valence-corrected chi connectivity index (χ1v) is 11.7. The number of pyridine rings is 1. The topological polar surface area (TPSA) is 128 Å². The van der Waals surface area contributed by atoms with Crippen LogP contribution in [-0.2, 0) is 9.53 Å². The Morgan fingerprint density at radius 1 is 1.14 bits per heavy atom. The fraction of sp³-hybridized carbons (Fsp3) is 0.269. The Hall–Kier alpha value is -4.47. The number of carbonyl (C=O) groups excluding carboxylic acids is 3. The standard InChI is InChI=1S/C26H25N5O5/c1-15(2)31-24-19(13-27-31)18(12-21(30-24)22-8-5-11-35-22)26(34)36-14-23(32)29-20-7-4-3-6-17(20)25(33)28-16-9-10-16/h3-8,11-13,15-16H,9-10,14H2,1-2H3,(H,28,33)(H,29,32). The van der Waals surface area contributed by atoms with Crippen LogP contribution >= 0.6 is 0 Å². The molecule has 0 unspecified atom stereocenters. The van der Waals surface area contributed by atoms with Gasteiger partial charge in [-0.25, -0.2) is 14.5 Å². The molecule has 0 spiro atoms. The summed E-state index contributed by atoms with van der Waals surface area (Å²) in [6, 6.07) is 11.9. The summed E-state index contributed by atoms with van der Waals surface area (Å²) in [6.45, 7) is 3.38. The third kappa shape index (κ3) is 4.83. The average molecular weight is 488 g/mol. The zero-order valence-corrected chi connectivity index (χ0v) is 19.9. The number of aromatic nitrogens is 3. The molecule has 0 aliphatic heterocycles. The van der Waals surface area contributed by atoms with Gasteiger partial charge in [-0.05, 0) is 57.0 Å². The SMILES string of the molecule is CC(C)n1ncc2c(C(=O)OCC(=O)Nc3ccccc3C(=O)NC3CC3)cc(-c3ccco3)nc21. The highest BCUT2D eigenvalue weighted by atomic mass is 16.5. The van der Waals surface area contributed by atoms with Crippen LogP contribution in [0.25, 0.3) is 22.5 Å². The second kappa shape index (κ2) is 9.65. The molecule has 10 heteroatoms. The number of amides is 2. The van der Waals surface area contributed by atoms with Crippen LogP contribution in [0.2, 0.25) is 0 Å². The Morgan fingerprint density at radius 3 is 2.67 bits per heavy atom. The normalized spacial score (nSPS) is 13.1. The highest BCUT2D eigenvalue weighted by molar-refractivity contribution is 6.06. The molecule has 0 bridgehead atoms. The number of nitrogens with one attached hydrogen (secondary N) is 2. The number of para-hydroxylation sites is 1. The van der Waals surface area contributed by atoms with E-state index in [0.29, 0.717) is 33.7 Å². The van der Waals surface area contributed by atoms with Gasteiger partial charge < -0.3 is 19.8 Å². The third-order valence-electron chi connectivity index (χ3n) is 5.74. The summed E-state index contributed by atoms with van der Waals surface area (Å²) in [5, 5.41) is 10.4. The summed E-state index contributed by atoms with van der Waals surface area (Å²) in [5.74, 6) is -1.03. The number of esters is 1. The van der Waals surface area contributed by atoms with Gasteiger partial charge in [-0.15, -0.1) is 0 Å². The second-order valence-corrected chi connectivity index (χ2v) is 8.87. The molecule has 1 aliphatic rings. The molecule has 1 fully saturated rings. The van der Waals surface area contributed by atoms with Crippen molar-refractivity contribution >= 4 is 34.5 Å². The minimum absolute atomic E-state index is 0.00804. The van der Waals surface area contributed by atoms with E-state index < -0.39 is 18.5 Å². The number of carbonyl (C=O) groups is 3. The summed E-state index contributed by atoms with van der Waals surface area (Å²) in [5.41, 5.74) is 1.87. The quantitative estimate of drug-likeness (QED) is 0.360. The van der Waals surface area contributed by atoms with Crippen LogP contribution in [-0.4, -0.2) is 45.2 Å². The lowest BCUT2D eigenvalue weighted by Gasteiger charge is -2.12. The van der Waals surface area contributed by atoms with Crippen LogP contribution in [0, 0.1) is 0 Å². The van der Waals surface area contributed by atoms with Gasteiger partial charge >= 0.3 is 5.97 Å². The largest absolute Gasteiger partial charge is 0.463 e. The van der Waals surface area contributed by atoms with E-state index in [9.17, 15) is 14.4 Å². The number of anilines is 1. The van der Waals surface area contributed by atoms with E-state index in [1.165, 1.54) is 6.26 Å². The van der Waals surface area contributed by atoms with E-state index in [-0.39, 0.29) is 23.6 Å². The van der Waals surface area contributed by atoms with Gasteiger partial charge in [0.05, 0.1) is 34.7 Å². The van der Waals surface area contributed by atoms with E-state index in [1.54, 1.807) is 53.3 Å². The summed E-state index contributed by atoms with van der Waals surface area (Å²) < 4.78 is 12.5. The molecule has 0 atom stereocenters. The van der Waals surface area contributed by atoms with E-state index in [2.05, 4.69) is 20.7 Å². The maximum absolute atomic E-state index is 13.1. The monoisotopic (exact) mass is 487 g/mol. The first kappa shape index (κ1) is 23.3. The number of fused-ring (bicyclic) bond motifs is 1. The number of benzene rings is 1. The van der Waals surface area contributed by atoms with E-state index >= 15 is 0 Å². The van der Waals surface area contributed by atoms with Gasteiger partial charge in [0, 0.05) is 12.1 Å². The third-order valence-corrected chi connectivity index (χ3v) is 5.74. The van der Waals surface area contributed by atoms with Gasteiger partial charge in [-0.2, -0.15) is 5.10 Å². The van der Waals surface area contributed by atoms with Crippen molar-refractivity contribution in [1.82, 2.24) is 20.1 Å². The summed E-state index contributed by atoms with van der Waals surface area (Å²) in [6.07, 6.45) is 4.98. The van der Waals surface area contributed by atoms with Crippen LogP contribution in [0.1, 0.15) is 53.4 Å². The lowest BCUT2D eigenvalue weighted by molar-refractivity contribution is -0.119. The van der Waals surface area contributed by atoms with Crippen LogP contribution in [0.4, 0.5) is 5.69 Å². The molecule has 3 heterocycles. The Balaban J connectivity index is 1.33. The van der Waals surface area contributed by atoms with E-state index in [4.69, 9.17) is 9.15 Å². The molecule has 0 radical (unpaired) electrons. The molecule has 2 N–H and O–H groups in total. The van der Waals surface area contributed by atoms with Crippen LogP contribution < -0.4 is 10.6 Å². The molecule has 1 saturated carbocycles. The number of ether oxygens (including phenoxy) is 1. The fourth-order valence-electron chi connectivity index (χ4n) is 3.79. The Kier molecular flexibility index (Phi) is 6.24. The van der Waals surface area contributed by atoms with Gasteiger partial charge in [-0.3, -0.25) is 9.59 Å². The van der Waals surface area contributed by atoms with Gasteiger partial charge in [0.1, 0.15) is 5.69 Å². The van der Waals surface area contributed by atoms with Crippen molar-refractivity contribution in [2.24, 2.45) is 0 Å². The molecule has 5 rings (SSSR count). The number of hydrogen-bond donors (Lipinski definition) is 2. The number of rotatable bonds is 8. The smallest absolute Gasteiger partial charge is 0.339 e. The number of hydrogen-bond acceptors (Lipinski definition) is 7. The van der Waals surface area contributed by atoms with E-state index in [1.807, 2.05) is 13.8 Å².